The van der Waals surface area contributed by atoms with E-state index in [1.54, 1.807) is 11.8 Å². The predicted molar refractivity (Wildman–Crippen MR) is 104 cm³/mol. The van der Waals surface area contributed by atoms with Gasteiger partial charge in [0.1, 0.15) is 0 Å². The van der Waals surface area contributed by atoms with E-state index in [0.29, 0.717) is 32.7 Å². The van der Waals surface area contributed by atoms with Crippen molar-refractivity contribution in [3.05, 3.63) is 0 Å². The molecule has 1 heterocycles. The third-order valence-electron chi connectivity index (χ3n) is 7.54. The summed E-state index contributed by atoms with van der Waals surface area (Å²) in [7, 11) is 0. The maximum atomic E-state index is 13.0. The molecule has 5 fully saturated rings. The molecule has 5 aliphatic rings. The van der Waals surface area contributed by atoms with Crippen molar-refractivity contribution < 1.29 is 19.1 Å². The van der Waals surface area contributed by atoms with E-state index in [4.69, 9.17) is 4.74 Å². The average Bonchev–Trinajstić information content (AvgIpc) is 2.67. The van der Waals surface area contributed by atoms with E-state index in [1.165, 1.54) is 19.3 Å². The van der Waals surface area contributed by atoms with Crippen LogP contribution in [0.3, 0.4) is 0 Å². The maximum Gasteiger partial charge on any atom is 0.310 e. The standard InChI is InChI=1S/C22H34N2O4/c1-2-28-20(26)18-4-3-7-24(14-18)19(25)5-6-23-21(27)22-11-15-8-16(12-22)10-17(9-15)13-22/h15-18H,2-14H2,1H3,(H,23,27). The first-order valence-electron chi connectivity index (χ1n) is 11.2. The van der Waals surface area contributed by atoms with Gasteiger partial charge in [-0.2, -0.15) is 0 Å². The van der Waals surface area contributed by atoms with Crippen molar-refractivity contribution in [3.63, 3.8) is 0 Å². The van der Waals surface area contributed by atoms with Crippen molar-refractivity contribution in [1.82, 2.24) is 10.2 Å². The molecule has 1 saturated heterocycles. The first-order valence-corrected chi connectivity index (χ1v) is 11.2. The van der Waals surface area contributed by atoms with Gasteiger partial charge in [-0.3, -0.25) is 14.4 Å². The summed E-state index contributed by atoms with van der Waals surface area (Å²) in [6.07, 6.45) is 9.03. The maximum absolute atomic E-state index is 13.0. The van der Waals surface area contributed by atoms with Crippen molar-refractivity contribution in [1.29, 1.82) is 0 Å². The van der Waals surface area contributed by atoms with E-state index in [2.05, 4.69) is 5.32 Å². The van der Waals surface area contributed by atoms with Gasteiger partial charge in [-0.15, -0.1) is 0 Å². The zero-order valence-corrected chi connectivity index (χ0v) is 17.1. The predicted octanol–water partition coefficient (Wildman–Crippen LogP) is 2.51. The molecule has 0 aromatic rings. The third-order valence-corrected chi connectivity index (χ3v) is 7.54. The highest BCUT2D eigenvalue weighted by molar-refractivity contribution is 5.84. The Balaban J connectivity index is 1.24. The summed E-state index contributed by atoms with van der Waals surface area (Å²) in [6.45, 7) is 3.72. The fourth-order valence-corrected chi connectivity index (χ4v) is 6.67. The van der Waals surface area contributed by atoms with Crippen LogP contribution in [0.4, 0.5) is 0 Å². The lowest BCUT2D eigenvalue weighted by Crippen LogP contribution is -2.54. The second kappa shape index (κ2) is 8.03. The molecular weight excluding hydrogens is 356 g/mol. The van der Waals surface area contributed by atoms with Crippen LogP contribution in [0.15, 0.2) is 0 Å². The molecule has 0 aromatic carbocycles. The minimum Gasteiger partial charge on any atom is -0.466 e. The highest BCUT2D eigenvalue weighted by Gasteiger charge is 2.54. The van der Waals surface area contributed by atoms with Gasteiger partial charge >= 0.3 is 5.97 Å². The van der Waals surface area contributed by atoms with Crippen molar-refractivity contribution in [2.75, 3.05) is 26.2 Å². The Morgan fingerprint density at radius 1 is 1.07 bits per heavy atom. The molecule has 156 valence electrons. The topological polar surface area (TPSA) is 75.7 Å². The Bertz CT molecular complexity index is 597. The second-order valence-corrected chi connectivity index (χ2v) is 9.63. The summed E-state index contributed by atoms with van der Waals surface area (Å²) in [6, 6.07) is 0. The first kappa shape index (κ1) is 19.7. The van der Waals surface area contributed by atoms with Crippen LogP contribution >= 0.6 is 0 Å². The molecule has 1 unspecified atom stereocenters. The second-order valence-electron chi connectivity index (χ2n) is 9.63. The van der Waals surface area contributed by atoms with Gasteiger partial charge in [0, 0.05) is 31.5 Å². The molecule has 2 amide bonds. The summed E-state index contributed by atoms with van der Waals surface area (Å²) in [4.78, 5) is 39.3. The Morgan fingerprint density at radius 2 is 1.71 bits per heavy atom. The number of nitrogens with zero attached hydrogens (tertiary/aromatic N) is 1. The van der Waals surface area contributed by atoms with Crippen molar-refractivity contribution in [2.45, 2.75) is 64.7 Å². The van der Waals surface area contributed by atoms with Crippen LogP contribution in [0.25, 0.3) is 0 Å². The Labute approximate surface area is 167 Å². The highest BCUT2D eigenvalue weighted by atomic mass is 16.5. The largest absolute Gasteiger partial charge is 0.466 e. The van der Waals surface area contributed by atoms with Crippen LogP contribution in [0.5, 0.6) is 0 Å². The summed E-state index contributed by atoms with van der Waals surface area (Å²) < 4.78 is 5.11. The van der Waals surface area contributed by atoms with E-state index in [-0.39, 0.29) is 29.1 Å². The lowest BCUT2D eigenvalue weighted by molar-refractivity contribution is -0.151. The number of likely N-dealkylation sites (tertiary alicyclic amines) is 1. The fraction of sp³-hybridized carbons (Fsp3) is 0.864. The van der Waals surface area contributed by atoms with Crippen LogP contribution in [0, 0.1) is 29.1 Å². The molecular formula is C22H34N2O4. The van der Waals surface area contributed by atoms with E-state index in [9.17, 15) is 14.4 Å². The van der Waals surface area contributed by atoms with Crippen LogP contribution in [0.2, 0.25) is 0 Å². The van der Waals surface area contributed by atoms with Crippen LogP contribution in [-0.4, -0.2) is 48.9 Å². The molecule has 4 saturated carbocycles. The van der Waals surface area contributed by atoms with Gasteiger partial charge in [0.05, 0.1) is 12.5 Å². The van der Waals surface area contributed by atoms with E-state index in [1.807, 2.05) is 0 Å². The molecule has 0 spiro atoms. The summed E-state index contributed by atoms with van der Waals surface area (Å²) in [5, 5.41) is 3.09. The molecule has 4 bridgehead atoms. The van der Waals surface area contributed by atoms with Crippen LogP contribution < -0.4 is 5.32 Å². The lowest BCUT2D eigenvalue weighted by atomic mass is 9.49. The van der Waals surface area contributed by atoms with Crippen molar-refractivity contribution in [2.24, 2.45) is 29.1 Å². The normalized spacial score (nSPS) is 36.2. The average molecular weight is 391 g/mol. The highest BCUT2D eigenvalue weighted by Crippen LogP contribution is 2.60. The first-order chi connectivity index (χ1) is 13.5. The van der Waals surface area contributed by atoms with E-state index < -0.39 is 0 Å². The summed E-state index contributed by atoms with van der Waals surface area (Å²) in [5.74, 6) is 2.03. The monoisotopic (exact) mass is 390 g/mol. The minimum absolute atomic E-state index is 0.0276. The zero-order valence-electron chi connectivity index (χ0n) is 17.1. The molecule has 6 nitrogen and oxygen atoms in total. The number of piperidine rings is 1. The van der Waals surface area contributed by atoms with Gasteiger partial charge in [0.2, 0.25) is 11.8 Å². The van der Waals surface area contributed by atoms with Crippen LogP contribution in [0.1, 0.15) is 64.7 Å². The number of carbonyl (C=O) groups excluding carboxylic acids is 3. The van der Waals surface area contributed by atoms with Crippen molar-refractivity contribution >= 4 is 17.8 Å². The molecule has 0 aromatic heterocycles. The molecule has 6 heteroatoms. The molecule has 5 rings (SSSR count). The number of ether oxygens (including phenoxy) is 1. The van der Waals surface area contributed by atoms with Gasteiger partial charge < -0.3 is 15.0 Å². The Kier molecular flexibility index (Phi) is 5.66. The number of carbonyl (C=O) groups is 3. The van der Waals surface area contributed by atoms with E-state index in [0.717, 1.165) is 49.9 Å². The zero-order chi connectivity index (χ0) is 19.7. The fourth-order valence-electron chi connectivity index (χ4n) is 6.67. The molecule has 1 N–H and O–H groups in total. The third kappa shape index (κ3) is 3.92. The lowest BCUT2D eigenvalue weighted by Gasteiger charge is -2.55. The van der Waals surface area contributed by atoms with Gasteiger partial charge in [-0.05, 0) is 76.0 Å². The van der Waals surface area contributed by atoms with Gasteiger partial charge in [0.25, 0.3) is 0 Å². The number of hydrogen-bond donors (Lipinski definition) is 1. The smallest absolute Gasteiger partial charge is 0.310 e. The quantitative estimate of drug-likeness (QED) is 0.707. The SMILES string of the molecule is CCOC(=O)C1CCCN(C(=O)CCNC(=O)C23CC4CC(CC(C4)C2)C3)C1. The Morgan fingerprint density at radius 3 is 2.32 bits per heavy atom. The molecule has 1 aliphatic heterocycles. The van der Waals surface area contributed by atoms with Gasteiger partial charge in [-0.25, -0.2) is 0 Å². The number of rotatable bonds is 6. The molecule has 28 heavy (non-hydrogen) atoms. The summed E-state index contributed by atoms with van der Waals surface area (Å²) >= 11 is 0. The number of esters is 1. The minimum atomic E-state index is -0.209. The number of hydrogen-bond acceptors (Lipinski definition) is 4. The number of nitrogens with one attached hydrogen (secondary N) is 1. The molecule has 0 radical (unpaired) electrons. The number of amides is 2. The van der Waals surface area contributed by atoms with Crippen LogP contribution in [-0.2, 0) is 19.1 Å². The molecule has 4 aliphatic carbocycles. The molecule has 1 atom stereocenters. The van der Waals surface area contributed by atoms with Crippen molar-refractivity contribution in [3.8, 4) is 0 Å². The van der Waals surface area contributed by atoms with Gasteiger partial charge in [0.15, 0.2) is 0 Å². The van der Waals surface area contributed by atoms with Gasteiger partial charge in [-0.1, -0.05) is 0 Å². The Hall–Kier alpha value is -1.59. The van der Waals surface area contributed by atoms with E-state index >= 15 is 0 Å². The summed E-state index contributed by atoms with van der Waals surface area (Å²) in [5.41, 5.74) is -0.155.